The van der Waals surface area contributed by atoms with E-state index >= 15 is 0 Å². The fourth-order valence-corrected chi connectivity index (χ4v) is 5.59. The molecule has 0 atom stereocenters. The maximum Gasteiger partial charge on any atom is 0.120 e. The number of furan rings is 1. The Hall–Kier alpha value is -4.89. The molecule has 3 heterocycles. The smallest absolute Gasteiger partial charge is 0.120 e. The average Bonchev–Trinajstić information content (AvgIpc) is 3.48. The largest absolute Gasteiger partial charge is 0.501 e. The number of nitrogens with zero attached hydrogens (tertiary/aromatic N) is 2. The van der Waals surface area contributed by atoms with E-state index in [0.717, 1.165) is 50.0 Å². The molecule has 0 bridgehead atoms. The van der Waals surface area contributed by atoms with Crippen LogP contribution in [0.1, 0.15) is 26.3 Å². The van der Waals surface area contributed by atoms with E-state index in [-0.39, 0.29) is 25.5 Å². The van der Waals surface area contributed by atoms with Gasteiger partial charge in [-0.05, 0) is 68.5 Å². The Morgan fingerprint density at radius 1 is 0.587 bits per heavy atom. The third-order valence-electron chi connectivity index (χ3n) is 8.04. The van der Waals surface area contributed by atoms with Crippen molar-refractivity contribution < 1.29 is 24.5 Å². The van der Waals surface area contributed by atoms with E-state index in [9.17, 15) is 0 Å². The van der Waals surface area contributed by atoms with Crippen molar-refractivity contribution in [1.82, 2.24) is 9.97 Å². The molecule has 5 aromatic carbocycles. The van der Waals surface area contributed by atoms with Crippen molar-refractivity contribution in [2.24, 2.45) is 0 Å². The van der Waals surface area contributed by atoms with Crippen molar-refractivity contribution in [2.75, 3.05) is 0 Å². The topological polar surface area (TPSA) is 38.9 Å². The minimum atomic E-state index is 0. The van der Waals surface area contributed by atoms with Gasteiger partial charge in [-0.25, -0.2) is 0 Å². The van der Waals surface area contributed by atoms with Crippen LogP contribution in [0.15, 0.2) is 144 Å². The summed E-state index contributed by atoms with van der Waals surface area (Å²) in [5.41, 5.74) is 9.27. The molecular formula is C42H32IrN2O-2. The second-order valence-corrected chi connectivity index (χ2v) is 12.1. The number of rotatable bonds is 3. The molecule has 227 valence electrons. The number of pyridine rings is 2. The number of fused-ring (bicyclic) bond motifs is 4. The van der Waals surface area contributed by atoms with Crippen LogP contribution in [0.25, 0.3) is 66.4 Å². The van der Waals surface area contributed by atoms with Crippen LogP contribution in [0.5, 0.6) is 0 Å². The summed E-state index contributed by atoms with van der Waals surface area (Å²) in [6.07, 6.45) is 3.66. The van der Waals surface area contributed by atoms with Gasteiger partial charge in [0.2, 0.25) is 0 Å². The predicted octanol–water partition coefficient (Wildman–Crippen LogP) is 11.1. The average molecular weight is 773 g/mol. The van der Waals surface area contributed by atoms with Crippen molar-refractivity contribution in [1.29, 1.82) is 0 Å². The van der Waals surface area contributed by atoms with Gasteiger partial charge in [-0.1, -0.05) is 98.5 Å². The number of hydrogen-bond donors (Lipinski definition) is 0. The third kappa shape index (κ3) is 6.41. The molecule has 4 heteroatoms. The summed E-state index contributed by atoms with van der Waals surface area (Å²) in [4.78, 5) is 8.88. The first-order valence-electron chi connectivity index (χ1n) is 15.2. The van der Waals surface area contributed by atoms with Gasteiger partial charge < -0.3 is 14.4 Å². The molecule has 0 saturated carbocycles. The van der Waals surface area contributed by atoms with Crippen molar-refractivity contribution in [3.8, 4) is 33.6 Å². The van der Waals surface area contributed by atoms with Crippen molar-refractivity contribution in [3.05, 3.63) is 157 Å². The van der Waals surface area contributed by atoms with Crippen LogP contribution in [0.3, 0.4) is 0 Å². The fraction of sp³-hybridized carbons (Fsp3) is 0.0952. The number of aromatic nitrogens is 2. The molecule has 46 heavy (non-hydrogen) atoms. The summed E-state index contributed by atoms with van der Waals surface area (Å²) in [6, 6.07) is 49.9. The molecule has 0 unspecified atom stereocenters. The zero-order valence-electron chi connectivity index (χ0n) is 25.9. The molecule has 8 aromatic rings. The predicted molar refractivity (Wildman–Crippen MR) is 186 cm³/mol. The zero-order valence-corrected chi connectivity index (χ0v) is 28.3. The Balaban J connectivity index is 0.000000241. The van der Waals surface area contributed by atoms with E-state index in [0.29, 0.717) is 0 Å². The van der Waals surface area contributed by atoms with Gasteiger partial charge in [0.1, 0.15) is 5.58 Å². The first kappa shape index (κ1) is 31.1. The van der Waals surface area contributed by atoms with E-state index in [1.54, 1.807) is 6.20 Å². The number of para-hydroxylation sites is 1. The Morgan fingerprint density at radius 2 is 1.35 bits per heavy atom. The maximum absolute atomic E-state index is 6.21. The summed E-state index contributed by atoms with van der Waals surface area (Å²) in [5.74, 6) is 0. The van der Waals surface area contributed by atoms with Crippen LogP contribution in [-0.4, -0.2) is 9.97 Å². The van der Waals surface area contributed by atoms with Crippen LogP contribution in [0, 0.1) is 12.1 Å². The molecule has 0 aliphatic rings. The molecule has 0 saturated heterocycles. The molecule has 0 N–H and O–H groups in total. The first-order chi connectivity index (χ1) is 21.9. The summed E-state index contributed by atoms with van der Waals surface area (Å²) in [6.45, 7) is 6.75. The van der Waals surface area contributed by atoms with E-state index in [4.69, 9.17) is 4.42 Å². The van der Waals surface area contributed by atoms with E-state index in [1.807, 2.05) is 72.9 Å². The van der Waals surface area contributed by atoms with Crippen LogP contribution in [0.4, 0.5) is 0 Å². The Labute approximate surface area is 283 Å². The van der Waals surface area contributed by atoms with Gasteiger partial charge in [0.15, 0.2) is 0 Å². The molecule has 0 amide bonds. The van der Waals surface area contributed by atoms with Gasteiger partial charge in [0, 0.05) is 37.9 Å². The molecule has 0 aliphatic carbocycles. The minimum Gasteiger partial charge on any atom is -0.501 e. The monoisotopic (exact) mass is 773 g/mol. The molecule has 0 spiro atoms. The maximum atomic E-state index is 6.21. The minimum absolute atomic E-state index is 0. The second-order valence-electron chi connectivity index (χ2n) is 12.1. The van der Waals surface area contributed by atoms with Crippen LogP contribution >= 0.6 is 0 Å². The molecular weight excluding hydrogens is 741 g/mol. The molecule has 0 fully saturated rings. The van der Waals surface area contributed by atoms with E-state index < -0.39 is 0 Å². The number of benzene rings is 5. The van der Waals surface area contributed by atoms with Gasteiger partial charge in [-0.2, -0.15) is 0 Å². The molecule has 3 aromatic heterocycles. The summed E-state index contributed by atoms with van der Waals surface area (Å²) in [5, 5.41) is 4.71. The molecule has 3 nitrogen and oxygen atoms in total. The first-order valence-corrected chi connectivity index (χ1v) is 15.2. The SMILES string of the molecule is CC(C)(C)c1ccc2cc(-c3ccnc(-c4[c-]ccc5c4oc4ccccc45)c3)ccc2c1.[Ir].[c-]1ccccc1-c1ccccn1. The van der Waals surface area contributed by atoms with Gasteiger partial charge >= 0.3 is 0 Å². The summed E-state index contributed by atoms with van der Waals surface area (Å²) >= 11 is 0. The summed E-state index contributed by atoms with van der Waals surface area (Å²) < 4.78 is 6.21. The van der Waals surface area contributed by atoms with Crippen LogP contribution in [-0.2, 0) is 25.5 Å². The van der Waals surface area contributed by atoms with E-state index in [2.05, 4.69) is 104 Å². The number of hydrogen-bond acceptors (Lipinski definition) is 3. The Bertz CT molecular complexity index is 2210. The van der Waals surface area contributed by atoms with Crippen molar-refractivity contribution in [2.45, 2.75) is 26.2 Å². The normalized spacial score (nSPS) is 11.2. The Morgan fingerprint density at radius 3 is 2.15 bits per heavy atom. The zero-order chi connectivity index (χ0) is 30.8. The van der Waals surface area contributed by atoms with Gasteiger partial charge in [0.25, 0.3) is 0 Å². The third-order valence-corrected chi connectivity index (χ3v) is 8.04. The quantitative estimate of drug-likeness (QED) is 0.168. The van der Waals surface area contributed by atoms with E-state index in [1.165, 1.54) is 21.9 Å². The molecule has 1 radical (unpaired) electrons. The molecule has 8 rings (SSSR count). The van der Waals surface area contributed by atoms with Crippen molar-refractivity contribution >= 4 is 32.7 Å². The van der Waals surface area contributed by atoms with Crippen LogP contribution in [0.2, 0.25) is 0 Å². The van der Waals surface area contributed by atoms with Crippen LogP contribution < -0.4 is 0 Å². The van der Waals surface area contributed by atoms with Crippen molar-refractivity contribution in [3.63, 3.8) is 0 Å². The second kappa shape index (κ2) is 13.2. The van der Waals surface area contributed by atoms with Gasteiger partial charge in [-0.3, -0.25) is 0 Å². The molecule has 0 aliphatic heterocycles. The van der Waals surface area contributed by atoms with Gasteiger partial charge in [0.05, 0.1) is 5.58 Å². The Kier molecular flexibility index (Phi) is 8.94. The standard InChI is InChI=1S/C31H24NO.C11H8N.Ir/c1-31(2,3)24-14-13-21-17-20(11-12-22(21)18-24)23-15-16-32-28(19-23)27-9-6-8-26-25-7-4-5-10-29(25)33-30(26)27;1-2-6-10(7-3-1)11-8-4-5-9-12-11;/h4-8,10-19H,1-3H3;1-6,8-9H;/q2*-1;. The summed E-state index contributed by atoms with van der Waals surface area (Å²) in [7, 11) is 0. The van der Waals surface area contributed by atoms with Gasteiger partial charge in [-0.15, -0.1) is 54.1 Å². The fourth-order valence-electron chi connectivity index (χ4n) is 5.59.